The Morgan fingerprint density at radius 2 is 1.65 bits per heavy atom. The van der Waals surface area contributed by atoms with Crippen LogP contribution in [-0.2, 0) is 19.1 Å². The Morgan fingerprint density at radius 1 is 1.04 bits per heavy atom. The maximum atomic E-state index is 13.2. The van der Waals surface area contributed by atoms with Gasteiger partial charge < -0.3 is 9.47 Å². The Morgan fingerprint density at radius 3 is 2.19 bits per heavy atom. The number of esters is 2. The lowest BCUT2D eigenvalue weighted by molar-refractivity contribution is -0.181. The van der Waals surface area contributed by atoms with E-state index in [4.69, 9.17) is 9.47 Å². The second-order valence-electron chi connectivity index (χ2n) is 10.3. The summed E-state index contributed by atoms with van der Waals surface area (Å²) in [7, 11) is 1.40. The average Bonchev–Trinajstić information content (AvgIpc) is 2.70. The maximum absolute atomic E-state index is 13.2. The van der Waals surface area contributed by atoms with E-state index >= 15 is 0 Å². The van der Waals surface area contributed by atoms with Crippen LogP contribution in [0, 0.1) is 27.6 Å². The highest BCUT2D eigenvalue weighted by atomic mass is 16.5. The molecule has 0 spiro atoms. The number of hydrogen-bond acceptors (Lipinski definition) is 4. The van der Waals surface area contributed by atoms with Crippen LogP contribution in [0.3, 0.4) is 0 Å². The fraction of sp³-hybridized carbons (Fsp3) is 0.909. The van der Waals surface area contributed by atoms with E-state index in [9.17, 15) is 9.59 Å². The van der Waals surface area contributed by atoms with Gasteiger partial charge in [0.05, 0.1) is 17.9 Å². The van der Waals surface area contributed by atoms with Crippen molar-refractivity contribution in [1.82, 2.24) is 0 Å². The number of carbonyl (C=O) groups excluding carboxylic acids is 2. The van der Waals surface area contributed by atoms with Crippen LogP contribution < -0.4 is 0 Å². The summed E-state index contributed by atoms with van der Waals surface area (Å²) in [6.45, 7) is 14.6. The predicted octanol–water partition coefficient (Wildman–Crippen LogP) is 5.14. The van der Waals surface area contributed by atoms with Crippen molar-refractivity contribution in [3.05, 3.63) is 0 Å². The molecule has 4 unspecified atom stereocenters. The Bertz CT molecular complexity index is 564. The van der Waals surface area contributed by atoms with E-state index < -0.39 is 10.8 Å². The number of carbonyl (C=O) groups is 2. The molecule has 4 atom stereocenters. The van der Waals surface area contributed by atoms with E-state index in [2.05, 4.69) is 20.8 Å². The molecule has 2 aliphatic carbocycles. The van der Waals surface area contributed by atoms with E-state index in [0.717, 1.165) is 25.2 Å². The van der Waals surface area contributed by atoms with Crippen LogP contribution in [0.1, 0.15) is 87.0 Å². The fourth-order valence-corrected chi connectivity index (χ4v) is 5.50. The first-order chi connectivity index (χ1) is 11.8. The third-order valence-electron chi connectivity index (χ3n) is 8.09. The van der Waals surface area contributed by atoms with Gasteiger partial charge in [0.25, 0.3) is 0 Å². The summed E-state index contributed by atoms with van der Waals surface area (Å²) in [5, 5.41) is 0. The van der Waals surface area contributed by atoms with Gasteiger partial charge >= 0.3 is 11.9 Å². The van der Waals surface area contributed by atoms with Crippen molar-refractivity contribution in [1.29, 1.82) is 0 Å². The minimum atomic E-state index is -0.716. The van der Waals surface area contributed by atoms with Crippen LogP contribution >= 0.6 is 0 Å². The highest BCUT2D eigenvalue weighted by Crippen LogP contribution is 2.63. The molecule has 0 saturated heterocycles. The van der Waals surface area contributed by atoms with E-state index in [-0.39, 0.29) is 28.9 Å². The van der Waals surface area contributed by atoms with Gasteiger partial charge in [-0.25, -0.2) is 0 Å². The van der Waals surface area contributed by atoms with Gasteiger partial charge in [0.2, 0.25) is 0 Å². The average molecular weight is 367 g/mol. The summed E-state index contributed by atoms with van der Waals surface area (Å²) in [4.78, 5) is 25.3. The van der Waals surface area contributed by atoms with Crippen LogP contribution in [0.4, 0.5) is 0 Å². The molecule has 2 fully saturated rings. The second kappa shape index (κ2) is 6.83. The molecule has 150 valence electrons. The van der Waals surface area contributed by atoms with Crippen molar-refractivity contribution in [3.63, 3.8) is 0 Å². The molecule has 2 bridgehead atoms. The summed E-state index contributed by atoms with van der Waals surface area (Å²) in [5.41, 5.74) is -1.16. The zero-order valence-electron chi connectivity index (χ0n) is 18.0. The van der Waals surface area contributed by atoms with Crippen molar-refractivity contribution in [3.8, 4) is 0 Å². The standard InChI is InChI=1S/C22H38O4/c1-9-21(6,14-19(2,3)17(23)25-8)18(24)26-16-11-10-15-12-13-22(16,7)20(15,4)5/h15-16H,9-14H2,1-8H3. The van der Waals surface area contributed by atoms with Gasteiger partial charge in [-0.15, -0.1) is 0 Å². The van der Waals surface area contributed by atoms with Crippen molar-refractivity contribution < 1.29 is 19.1 Å². The first kappa shape index (κ1) is 21.2. The van der Waals surface area contributed by atoms with Gasteiger partial charge in [0.15, 0.2) is 0 Å². The molecule has 0 amide bonds. The van der Waals surface area contributed by atoms with Gasteiger partial charge in [-0.3, -0.25) is 9.59 Å². The van der Waals surface area contributed by atoms with Gasteiger partial charge in [0, 0.05) is 5.41 Å². The van der Waals surface area contributed by atoms with E-state index in [1.807, 2.05) is 27.7 Å². The molecule has 4 nitrogen and oxygen atoms in total. The summed E-state index contributed by atoms with van der Waals surface area (Å²) in [6, 6.07) is 0. The van der Waals surface area contributed by atoms with E-state index in [1.54, 1.807) is 0 Å². The molecule has 0 aromatic rings. The molecule has 2 saturated carbocycles. The molecular weight excluding hydrogens is 328 g/mol. The molecule has 26 heavy (non-hydrogen) atoms. The third kappa shape index (κ3) is 3.29. The zero-order valence-corrected chi connectivity index (χ0v) is 18.0. The Kier molecular flexibility index (Phi) is 5.58. The van der Waals surface area contributed by atoms with E-state index in [0.29, 0.717) is 12.8 Å². The molecule has 0 N–H and O–H groups in total. The predicted molar refractivity (Wildman–Crippen MR) is 103 cm³/mol. The number of rotatable bonds is 6. The molecule has 0 aromatic carbocycles. The minimum absolute atomic E-state index is 0.0316. The first-order valence-corrected chi connectivity index (χ1v) is 10.1. The van der Waals surface area contributed by atoms with Gasteiger partial charge in [-0.05, 0) is 70.6 Å². The monoisotopic (exact) mass is 366 g/mol. The number of methoxy groups -OCH3 is 1. The topological polar surface area (TPSA) is 52.6 Å². The molecule has 0 aliphatic heterocycles. The van der Waals surface area contributed by atoms with E-state index in [1.165, 1.54) is 13.5 Å². The van der Waals surface area contributed by atoms with Crippen molar-refractivity contribution in [2.45, 2.75) is 93.1 Å². The summed E-state index contributed by atoms with van der Waals surface area (Å²) >= 11 is 0. The lowest BCUT2D eigenvalue weighted by Gasteiger charge is -2.51. The smallest absolute Gasteiger partial charge is 0.312 e. The number of fused-ring (bicyclic) bond motifs is 2. The number of hydrogen-bond donors (Lipinski definition) is 0. The first-order valence-electron chi connectivity index (χ1n) is 10.1. The quantitative estimate of drug-likeness (QED) is 0.611. The van der Waals surface area contributed by atoms with Gasteiger partial charge in [0.1, 0.15) is 6.10 Å². The molecule has 0 radical (unpaired) electrons. The Balaban J connectivity index is 2.18. The third-order valence-corrected chi connectivity index (χ3v) is 8.09. The Labute approximate surface area is 159 Å². The second-order valence-corrected chi connectivity index (χ2v) is 10.3. The summed E-state index contributed by atoms with van der Waals surface area (Å²) in [6.07, 6.45) is 5.49. The maximum Gasteiger partial charge on any atom is 0.312 e. The summed E-state index contributed by atoms with van der Waals surface area (Å²) in [5.74, 6) is 0.289. The largest absolute Gasteiger partial charge is 0.469 e. The van der Waals surface area contributed by atoms with Crippen molar-refractivity contribution in [2.24, 2.45) is 27.6 Å². The zero-order chi connectivity index (χ0) is 20.0. The number of ether oxygens (including phenoxy) is 2. The molecular formula is C22H38O4. The summed E-state index contributed by atoms with van der Waals surface area (Å²) < 4.78 is 11.1. The van der Waals surface area contributed by atoms with Gasteiger partial charge in [-0.1, -0.05) is 27.7 Å². The van der Waals surface area contributed by atoms with Crippen LogP contribution in [-0.4, -0.2) is 25.2 Å². The SMILES string of the molecule is CCC(C)(CC(C)(C)C(=O)OC)C(=O)OC1CCC2CCC1(C)C2(C)C. The van der Waals surface area contributed by atoms with Crippen LogP contribution in [0.5, 0.6) is 0 Å². The lowest BCUT2D eigenvalue weighted by Crippen LogP contribution is -2.50. The molecule has 4 heteroatoms. The van der Waals surface area contributed by atoms with Crippen molar-refractivity contribution in [2.75, 3.05) is 7.11 Å². The molecule has 0 aromatic heterocycles. The lowest BCUT2D eigenvalue weighted by atomic mass is 9.58. The highest BCUT2D eigenvalue weighted by molar-refractivity contribution is 5.80. The molecule has 0 heterocycles. The van der Waals surface area contributed by atoms with Crippen LogP contribution in [0.2, 0.25) is 0 Å². The van der Waals surface area contributed by atoms with Gasteiger partial charge in [-0.2, -0.15) is 0 Å². The minimum Gasteiger partial charge on any atom is -0.469 e. The fourth-order valence-electron chi connectivity index (χ4n) is 5.50. The van der Waals surface area contributed by atoms with Crippen LogP contribution in [0.25, 0.3) is 0 Å². The Hall–Kier alpha value is -1.06. The highest BCUT2D eigenvalue weighted by Gasteiger charge is 2.59. The normalized spacial score (nSPS) is 32.6. The molecule has 2 aliphatic rings. The van der Waals surface area contributed by atoms with Crippen LogP contribution in [0.15, 0.2) is 0 Å². The van der Waals surface area contributed by atoms with Crippen molar-refractivity contribution >= 4 is 11.9 Å². The molecule has 2 rings (SSSR count).